The second kappa shape index (κ2) is 3.54. The Hall–Kier alpha value is -0.570. The molecule has 0 heterocycles. The summed E-state index contributed by atoms with van der Waals surface area (Å²) in [5.41, 5.74) is -0.181. The SMILES string of the molecule is CCC1CC1(C(=O)ON)C1CCCC1. The summed E-state index contributed by atoms with van der Waals surface area (Å²) in [4.78, 5) is 16.2. The Labute approximate surface area is 84.9 Å². The highest BCUT2D eigenvalue weighted by Crippen LogP contribution is 2.63. The monoisotopic (exact) mass is 197 g/mol. The highest BCUT2D eigenvalue weighted by atomic mass is 16.7. The molecular formula is C11H19NO2. The molecule has 3 nitrogen and oxygen atoms in total. The van der Waals surface area contributed by atoms with Gasteiger partial charge in [-0.1, -0.05) is 26.2 Å². The maximum absolute atomic E-state index is 11.7. The van der Waals surface area contributed by atoms with Gasteiger partial charge in [-0.25, -0.2) is 4.79 Å². The fraction of sp³-hybridized carbons (Fsp3) is 0.909. The van der Waals surface area contributed by atoms with Gasteiger partial charge in [-0.3, -0.25) is 0 Å². The second-order valence-electron chi connectivity index (χ2n) is 4.74. The number of rotatable bonds is 3. The summed E-state index contributed by atoms with van der Waals surface area (Å²) < 4.78 is 0. The summed E-state index contributed by atoms with van der Waals surface area (Å²) >= 11 is 0. The molecule has 80 valence electrons. The summed E-state index contributed by atoms with van der Waals surface area (Å²) in [6, 6.07) is 0. The highest BCUT2D eigenvalue weighted by molar-refractivity contribution is 5.80. The van der Waals surface area contributed by atoms with Crippen molar-refractivity contribution in [3.8, 4) is 0 Å². The van der Waals surface area contributed by atoms with Crippen molar-refractivity contribution < 1.29 is 9.63 Å². The van der Waals surface area contributed by atoms with E-state index in [1.165, 1.54) is 25.7 Å². The average molecular weight is 197 g/mol. The lowest BCUT2D eigenvalue weighted by molar-refractivity contribution is -0.154. The molecule has 2 aliphatic rings. The lowest BCUT2D eigenvalue weighted by atomic mass is 9.85. The molecule has 2 rings (SSSR count). The molecule has 0 aliphatic heterocycles. The zero-order chi connectivity index (χ0) is 10.2. The van der Waals surface area contributed by atoms with Gasteiger partial charge in [-0.05, 0) is 31.1 Å². The van der Waals surface area contributed by atoms with Crippen LogP contribution in [0, 0.1) is 17.3 Å². The smallest absolute Gasteiger partial charge is 0.331 e. The zero-order valence-corrected chi connectivity index (χ0v) is 8.79. The van der Waals surface area contributed by atoms with Crippen LogP contribution in [0.25, 0.3) is 0 Å². The molecule has 2 N–H and O–H groups in total. The first kappa shape index (κ1) is 9.97. The highest BCUT2D eigenvalue weighted by Gasteiger charge is 2.64. The molecule has 0 aromatic carbocycles. The van der Waals surface area contributed by atoms with Gasteiger partial charge in [0.2, 0.25) is 0 Å². The van der Waals surface area contributed by atoms with Gasteiger partial charge in [0.15, 0.2) is 0 Å². The Balaban J connectivity index is 2.11. The molecule has 0 saturated heterocycles. The summed E-state index contributed by atoms with van der Waals surface area (Å²) in [5.74, 6) is 5.95. The van der Waals surface area contributed by atoms with E-state index in [1.54, 1.807) is 0 Å². The molecule has 2 atom stereocenters. The van der Waals surface area contributed by atoms with E-state index >= 15 is 0 Å². The molecule has 2 unspecified atom stereocenters. The lowest BCUT2D eigenvalue weighted by Gasteiger charge is -2.21. The second-order valence-corrected chi connectivity index (χ2v) is 4.74. The minimum atomic E-state index is -0.181. The molecule has 0 amide bonds. The molecule has 2 fully saturated rings. The minimum Gasteiger partial charge on any atom is -0.373 e. The largest absolute Gasteiger partial charge is 0.373 e. The van der Waals surface area contributed by atoms with E-state index in [0.29, 0.717) is 11.8 Å². The molecule has 0 aromatic rings. The molecule has 0 spiro atoms. The van der Waals surface area contributed by atoms with Crippen molar-refractivity contribution in [1.29, 1.82) is 0 Å². The lowest BCUT2D eigenvalue weighted by Crippen LogP contribution is -2.30. The van der Waals surface area contributed by atoms with Gasteiger partial charge in [-0.2, -0.15) is 5.90 Å². The number of carbonyl (C=O) groups excluding carboxylic acids is 1. The van der Waals surface area contributed by atoms with Crippen molar-refractivity contribution >= 4 is 5.97 Å². The van der Waals surface area contributed by atoms with Crippen LogP contribution < -0.4 is 5.90 Å². The van der Waals surface area contributed by atoms with Crippen LogP contribution in [0.4, 0.5) is 0 Å². The molecule has 2 saturated carbocycles. The Bertz CT molecular complexity index is 235. The zero-order valence-electron chi connectivity index (χ0n) is 8.79. The van der Waals surface area contributed by atoms with Crippen LogP contribution in [0.5, 0.6) is 0 Å². The van der Waals surface area contributed by atoms with E-state index in [2.05, 4.69) is 11.8 Å². The number of hydrogen-bond donors (Lipinski definition) is 1. The van der Waals surface area contributed by atoms with E-state index in [9.17, 15) is 4.79 Å². The normalized spacial score (nSPS) is 37.1. The molecule has 0 radical (unpaired) electrons. The topological polar surface area (TPSA) is 52.3 Å². The Kier molecular flexibility index (Phi) is 2.52. The standard InChI is InChI=1S/C11H19NO2/c1-2-8-7-11(8,10(13)14-12)9-5-3-4-6-9/h8-9H,2-7,12H2,1H3. The third-order valence-electron chi connectivity index (χ3n) is 4.22. The molecule has 2 aliphatic carbocycles. The van der Waals surface area contributed by atoms with Crippen LogP contribution in [0.2, 0.25) is 0 Å². The van der Waals surface area contributed by atoms with Crippen molar-refractivity contribution in [2.75, 3.05) is 0 Å². The predicted octanol–water partition coefficient (Wildman–Crippen LogP) is 2.01. The Morgan fingerprint density at radius 2 is 2.14 bits per heavy atom. The first-order chi connectivity index (χ1) is 6.75. The fourth-order valence-electron chi connectivity index (χ4n) is 3.32. The maximum atomic E-state index is 11.7. The Morgan fingerprint density at radius 3 is 2.57 bits per heavy atom. The van der Waals surface area contributed by atoms with Crippen LogP contribution >= 0.6 is 0 Å². The summed E-state index contributed by atoms with van der Waals surface area (Å²) in [6.45, 7) is 2.14. The van der Waals surface area contributed by atoms with Crippen LogP contribution in [-0.2, 0) is 9.63 Å². The van der Waals surface area contributed by atoms with Crippen molar-refractivity contribution in [1.82, 2.24) is 0 Å². The van der Waals surface area contributed by atoms with E-state index < -0.39 is 0 Å². The van der Waals surface area contributed by atoms with Crippen LogP contribution in [-0.4, -0.2) is 5.97 Å². The van der Waals surface area contributed by atoms with Gasteiger partial charge >= 0.3 is 5.97 Å². The first-order valence-corrected chi connectivity index (χ1v) is 5.66. The van der Waals surface area contributed by atoms with Crippen molar-refractivity contribution in [2.45, 2.75) is 45.4 Å². The number of nitrogens with two attached hydrogens (primary N) is 1. The summed E-state index contributed by atoms with van der Waals surface area (Å²) in [6.07, 6.45) is 6.98. The number of hydrogen-bond acceptors (Lipinski definition) is 3. The molecule has 0 bridgehead atoms. The third-order valence-corrected chi connectivity index (χ3v) is 4.22. The molecule has 14 heavy (non-hydrogen) atoms. The third kappa shape index (κ3) is 1.26. The van der Waals surface area contributed by atoms with Gasteiger partial charge in [0.1, 0.15) is 0 Å². The van der Waals surface area contributed by atoms with E-state index in [0.717, 1.165) is 12.8 Å². The molecule has 3 heteroatoms. The van der Waals surface area contributed by atoms with E-state index in [1.807, 2.05) is 0 Å². The van der Waals surface area contributed by atoms with Crippen molar-refractivity contribution in [3.63, 3.8) is 0 Å². The van der Waals surface area contributed by atoms with Gasteiger partial charge in [-0.15, -0.1) is 0 Å². The van der Waals surface area contributed by atoms with Crippen LogP contribution in [0.15, 0.2) is 0 Å². The van der Waals surface area contributed by atoms with E-state index in [4.69, 9.17) is 5.90 Å². The minimum absolute atomic E-state index is 0.156. The van der Waals surface area contributed by atoms with Crippen LogP contribution in [0.3, 0.4) is 0 Å². The summed E-state index contributed by atoms with van der Waals surface area (Å²) in [7, 11) is 0. The van der Waals surface area contributed by atoms with Gasteiger partial charge in [0.25, 0.3) is 0 Å². The van der Waals surface area contributed by atoms with Crippen LogP contribution in [0.1, 0.15) is 45.4 Å². The maximum Gasteiger partial charge on any atom is 0.331 e. The molecule has 0 aromatic heterocycles. The number of carbonyl (C=O) groups is 1. The first-order valence-electron chi connectivity index (χ1n) is 5.66. The molecular weight excluding hydrogens is 178 g/mol. The summed E-state index contributed by atoms with van der Waals surface area (Å²) in [5, 5.41) is 0. The van der Waals surface area contributed by atoms with Crippen molar-refractivity contribution in [3.05, 3.63) is 0 Å². The Morgan fingerprint density at radius 1 is 1.50 bits per heavy atom. The predicted molar refractivity (Wildman–Crippen MR) is 53.1 cm³/mol. The van der Waals surface area contributed by atoms with Gasteiger partial charge < -0.3 is 4.84 Å². The van der Waals surface area contributed by atoms with E-state index in [-0.39, 0.29) is 11.4 Å². The quantitative estimate of drug-likeness (QED) is 0.704. The van der Waals surface area contributed by atoms with Gasteiger partial charge in [0.05, 0.1) is 5.41 Å². The average Bonchev–Trinajstić information content (AvgIpc) is 2.71. The van der Waals surface area contributed by atoms with Gasteiger partial charge in [0, 0.05) is 0 Å². The van der Waals surface area contributed by atoms with Crippen molar-refractivity contribution in [2.24, 2.45) is 23.1 Å². The fourth-order valence-corrected chi connectivity index (χ4v) is 3.32.